The van der Waals surface area contributed by atoms with E-state index in [9.17, 15) is 9.59 Å². The minimum atomic E-state index is -0.367. The number of carbonyl (C=O) groups excluding carboxylic acids is 2. The van der Waals surface area contributed by atoms with Crippen LogP contribution < -0.4 is 21.3 Å². The summed E-state index contributed by atoms with van der Waals surface area (Å²) in [4.78, 5) is 31.8. The van der Waals surface area contributed by atoms with Gasteiger partial charge in [-0.05, 0) is 91.9 Å². The molecule has 0 radical (unpaired) electrons. The molecule has 0 fully saturated rings. The molecule has 0 atom stereocenters. The number of fused-ring (bicyclic) bond motifs is 2. The summed E-state index contributed by atoms with van der Waals surface area (Å²) in [6.45, 7) is 9.42. The minimum absolute atomic E-state index is 0.112. The lowest BCUT2D eigenvalue weighted by Gasteiger charge is -2.20. The van der Waals surface area contributed by atoms with Crippen LogP contribution in [-0.4, -0.2) is 36.7 Å². The highest BCUT2D eigenvalue weighted by Gasteiger charge is 2.25. The van der Waals surface area contributed by atoms with Gasteiger partial charge >= 0.3 is 0 Å². The fraction of sp³-hybridized carbons (Fsp3) is 0.190. The standard InChI is InChI=1S/C42H38ClN5O5/c1-5-44-31-20-34-29(18-24(31)3)40(30-19-25(4)32(45-6-2)21-35(30)51-34)27-14-10-11-15-28(27)42(50)47-23-46-38(49)22-36-39(26-12-8-7-9-13-26)41(48-53-36)33-16-17-37(43)52-33/h7-21,44H,5-6,22-23H2,1-4H3,(H,46,49)(H,47,50). The average Bonchev–Trinajstić information content (AvgIpc) is 3.78. The fourth-order valence-corrected chi connectivity index (χ4v) is 6.73. The number of aromatic nitrogens is 1. The third kappa shape index (κ3) is 7.18. The van der Waals surface area contributed by atoms with Crippen LogP contribution in [0, 0.1) is 13.8 Å². The van der Waals surface area contributed by atoms with Crippen molar-refractivity contribution in [3.8, 4) is 45.0 Å². The second-order valence-electron chi connectivity index (χ2n) is 12.6. The molecule has 0 bridgehead atoms. The molecule has 268 valence electrons. The van der Waals surface area contributed by atoms with Gasteiger partial charge in [0.15, 0.2) is 22.4 Å². The highest BCUT2D eigenvalue weighted by Crippen LogP contribution is 2.43. The molecule has 0 unspecified atom stereocenters. The van der Waals surface area contributed by atoms with Crippen molar-refractivity contribution in [2.45, 2.75) is 34.1 Å². The van der Waals surface area contributed by atoms with E-state index in [0.29, 0.717) is 46.2 Å². The van der Waals surface area contributed by atoms with Gasteiger partial charge in [0.2, 0.25) is 5.91 Å². The van der Waals surface area contributed by atoms with Gasteiger partial charge < -0.3 is 29.3 Å². The van der Waals surface area contributed by atoms with Crippen molar-refractivity contribution in [2.24, 2.45) is 4.99 Å². The summed E-state index contributed by atoms with van der Waals surface area (Å²) in [5.41, 5.74) is 8.50. The highest BCUT2D eigenvalue weighted by molar-refractivity contribution is 6.29. The second kappa shape index (κ2) is 15.2. The first-order valence-electron chi connectivity index (χ1n) is 17.5. The topological polar surface area (TPSA) is 135 Å². The zero-order chi connectivity index (χ0) is 37.1. The Bertz CT molecular complexity index is 2500. The molecular weight excluding hydrogens is 690 g/mol. The fourth-order valence-electron chi connectivity index (χ4n) is 6.58. The first kappa shape index (κ1) is 35.3. The normalized spacial score (nSPS) is 11.7. The van der Waals surface area contributed by atoms with Gasteiger partial charge in [-0.25, -0.2) is 0 Å². The Labute approximate surface area is 311 Å². The molecule has 3 N–H and O–H groups in total. The zero-order valence-corrected chi connectivity index (χ0v) is 30.6. The molecule has 3 heterocycles. The van der Waals surface area contributed by atoms with Crippen LogP contribution >= 0.6 is 11.6 Å². The van der Waals surface area contributed by atoms with Crippen molar-refractivity contribution >= 4 is 40.1 Å². The van der Waals surface area contributed by atoms with Gasteiger partial charge in [-0.15, -0.1) is 0 Å². The van der Waals surface area contributed by atoms with E-state index >= 15 is 0 Å². The molecule has 10 nitrogen and oxygen atoms in total. The van der Waals surface area contributed by atoms with E-state index in [0.717, 1.165) is 56.4 Å². The Balaban J connectivity index is 1.17. The number of aryl methyl sites for hydroxylation is 2. The number of hydrogen-bond donors (Lipinski definition) is 3. The van der Waals surface area contributed by atoms with E-state index in [2.05, 4.69) is 52.1 Å². The quantitative estimate of drug-likeness (QED) is 0.0896. The zero-order valence-electron chi connectivity index (χ0n) is 29.8. The molecule has 1 aliphatic carbocycles. The van der Waals surface area contributed by atoms with Crippen molar-refractivity contribution in [1.82, 2.24) is 15.8 Å². The van der Waals surface area contributed by atoms with E-state index in [1.165, 1.54) is 0 Å². The van der Waals surface area contributed by atoms with Gasteiger partial charge in [-0.2, -0.15) is 0 Å². The summed E-state index contributed by atoms with van der Waals surface area (Å²) >= 11 is 6.03. The maximum atomic E-state index is 13.9. The molecular formula is C42H38ClN5O5. The number of amides is 2. The molecule has 1 aliphatic heterocycles. The number of rotatable bonds is 11. The number of halogens is 1. The SMILES string of the molecule is CCN=c1cc2oc3cc(NCC)c(C)cc3c(-c3ccccc3C(=O)NCNC(=O)Cc3onc(-c4ccc(Cl)o4)c3-c3ccccc3)c-2cc1C. The minimum Gasteiger partial charge on any atom is -0.456 e. The Kier molecular flexibility index (Phi) is 10.1. The average molecular weight is 728 g/mol. The number of nitrogens with one attached hydrogen (secondary N) is 3. The summed E-state index contributed by atoms with van der Waals surface area (Å²) in [6.07, 6.45) is -0.122. The van der Waals surface area contributed by atoms with E-state index in [1.807, 2.05) is 74.5 Å². The van der Waals surface area contributed by atoms with Crippen LogP contribution in [0.5, 0.6) is 0 Å². The van der Waals surface area contributed by atoms with Crippen LogP contribution in [0.25, 0.3) is 56.0 Å². The first-order valence-corrected chi connectivity index (χ1v) is 17.8. The van der Waals surface area contributed by atoms with Crippen molar-refractivity contribution in [1.29, 1.82) is 0 Å². The van der Waals surface area contributed by atoms with Gasteiger partial charge in [0, 0.05) is 53.0 Å². The predicted molar refractivity (Wildman–Crippen MR) is 207 cm³/mol. The number of hydrogen-bond acceptors (Lipinski definition) is 8. The molecule has 0 saturated carbocycles. The summed E-state index contributed by atoms with van der Waals surface area (Å²) < 4.78 is 17.8. The number of benzene rings is 4. The molecule has 53 heavy (non-hydrogen) atoms. The Morgan fingerprint density at radius 2 is 1.60 bits per heavy atom. The molecule has 3 aromatic carbocycles. The largest absolute Gasteiger partial charge is 0.456 e. The number of anilines is 1. The molecule has 7 rings (SSSR count). The van der Waals surface area contributed by atoms with Crippen LogP contribution in [0.4, 0.5) is 5.69 Å². The maximum absolute atomic E-state index is 13.9. The molecule has 5 aromatic rings. The van der Waals surface area contributed by atoms with Gasteiger partial charge in [0.1, 0.15) is 11.3 Å². The van der Waals surface area contributed by atoms with E-state index < -0.39 is 0 Å². The van der Waals surface area contributed by atoms with Crippen molar-refractivity contribution in [3.63, 3.8) is 0 Å². The molecule has 2 aromatic heterocycles. The van der Waals surface area contributed by atoms with E-state index in [-0.39, 0.29) is 30.1 Å². The Hall–Kier alpha value is -6.13. The number of nitrogens with zero attached hydrogens (tertiary/aromatic N) is 2. The van der Waals surface area contributed by atoms with E-state index in [4.69, 9.17) is 25.0 Å². The molecule has 2 amide bonds. The summed E-state index contributed by atoms with van der Waals surface area (Å²) in [5, 5.41) is 15.2. The molecule has 0 saturated heterocycles. The molecule has 11 heteroatoms. The van der Waals surface area contributed by atoms with Crippen LogP contribution in [-0.2, 0) is 11.2 Å². The lowest BCUT2D eigenvalue weighted by molar-refractivity contribution is -0.120. The van der Waals surface area contributed by atoms with Crippen LogP contribution in [0.3, 0.4) is 0 Å². The second-order valence-corrected chi connectivity index (χ2v) is 13.0. The number of furan rings is 1. The van der Waals surface area contributed by atoms with Crippen molar-refractivity contribution in [2.75, 3.05) is 25.1 Å². The highest BCUT2D eigenvalue weighted by atomic mass is 35.5. The Morgan fingerprint density at radius 1 is 0.811 bits per heavy atom. The summed E-state index contributed by atoms with van der Waals surface area (Å²) in [6, 6.07) is 28.4. The van der Waals surface area contributed by atoms with Gasteiger partial charge in [-0.3, -0.25) is 14.6 Å². The molecule has 0 spiro atoms. The van der Waals surface area contributed by atoms with Gasteiger partial charge in [-0.1, -0.05) is 53.7 Å². The van der Waals surface area contributed by atoms with Crippen molar-refractivity contribution < 1.29 is 22.9 Å². The Morgan fingerprint density at radius 3 is 2.36 bits per heavy atom. The maximum Gasteiger partial charge on any atom is 0.253 e. The third-order valence-corrected chi connectivity index (χ3v) is 9.21. The number of carbonyl (C=O) groups is 2. The predicted octanol–water partition coefficient (Wildman–Crippen LogP) is 8.79. The van der Waals surface area contributed by atoms with Gasteiger partial charge in [0.05, 0.1) is 24.0 Å². The van der Waals surface area contributed by atoms with Crippen LogP contribution in [0.2, 0.25) is 5.22 Å². The third-order valence-electron chi connectivity index (χ3n) is 9.01. The van der Waals surface area contributed by atoms with Crippen LogP contribution in [0.1, 0.15) is 41.1 Å². The monoisotopic (exact) mass is 727 g/mol. The van der Waals surface area contributed by atoms with Crippen molar-refractivity contribution in [3.05, 3.63) is 124 Å². The van der Waals surface area contributed by atoms with Gasteiger partial charge in [0.25, 0.3) is 5.91 Å². The van der Waals surface area contributed by atoms with Crippen LogP contribution in [0.15, 0.2) is 109 Å². The van der Waals surface area contributed by atoms with E-state index in [1.54, 1.807) is 18.2 Å². The lowest BCUT2D eigenvalue weighted by Crippen LogP contribution is -2.38. The summed E-state index contributed by atoms with van der Waals surface area (Å²) in [5.74, 6) is 0.717. The molecule has 2 aliphatic rings. The summed E-state index contributed by atoms with van der Waals surface area (Å²) in [7, 11) is 0. The lowest BCUT2D eigenvalue weighted by atomic mass is 9.89. The first-order chi connectivity index (χ1) is 25.7. The smallest absolute Gasteiger partial charge is 0.253 e.